The largest absolute Gasteiger partial charge is 0.373 e. The molecule has 0 aromatic carbocycles. The molecule has 0 saturated carbocycles. The van der Waals surface area contributed by atoms with E-state index in [2.05, 4.69) is 55.2 Å². The zero-order valence-corrected chi connectivity index (χ0v) is 12.4. The molecule has 1 rings (SSSR count). The van der Waals surface area contributed by atoms with E-state index in [0.717, 1.165) is 23.7 Å². The summed E-state index contributed by atoms with van der Waals surface area (Å²) in [6.45, 7) is 12.0. The van der Waals surface area contributed by atoms with Gasteiger partial charge in [0.15, 0.2) is 0 Å². The fourth-order valence-electron chi connectivity index (χ4n) is 1.78. The number of aromatic nitrogens is 2. The van der Waals surface area contributed by atoms with Gasteiger partial charge in [-0.05, 0) is 17.8 Å². The average molecular weight is 250 g/mol. The molecule has 0 radical (unpaired) electrons. The molecule has 0 amide bonds. The van der Waals surface area contributed by atoms with Crippen molar-refractivity contribution in [2.75, 3.05) is 24.2 Å². The Morgan fingerprint density at radius 3 is 2.17 bits per heavy atom. The second kappa shape index (κ2) is 6.57. The van der Waals surface area contributed by atoms with Crippen LogP contribution in [0.15, 0.2) is 6.33 Å². The van der Waals surface area contributed by atoms with Crippen LogP contribution in [0.2, 0.25) is 0 Å². The van der Waals surface area contributed by atoms with Crippen LogP contribution >= 0.6 is 0 Å². The lowest BCUT2D eigenvalue weighted by Gasteiger charge is -2.20. The molecule has 102 valence electrons. The maximum atomic E-state index is 4.38. The highest BCUT2D eigenvalue weighted by Gasteiger charge is 2.15. The van der Waals surface area contributed by atoms with Crippen molar-refractivity contribution >= 4 is 11.6 Å². The van der Waals surface area contributed by atoms with Gasteiger partial charge in [0.1, 0.15) is 18.0 Å². The van der Waals surface area contributed by atoms with Crippen LogP contribution in [0.1, 0.15) is 46.1 Å². The van der Waals surface area contributed by atoms with Crippen LogP contribution in [0.3, 0.4) is 0 Å². The van der Waals surface area contributed by atoms with Gasteiger partial charge in [0.05, 0.1) is 0 Å². The van der Waals surface area contributed by atoms with Gasteiger partial charge in [-0.1, -0.05) is 34.6 Å². The minimum Gasteiger partial charge on any atom is -0.373 e. The Balaban J connectivity index is 2.88. The normalized spacial score (nSPS) is 12.9. The molecule has 2 N–H and O–H groups in total. The van der Waals surface area contributed by atoms with Crippen molar-refractivity contribution in [1.82, 2.24) is 9.97 Å². The number of rotatable bonds is 6. The van der Waals surface area contributed by atoms with Gasteiger partial charge < -0.3 is 10.6 Å². The molecule has 1 aromatic heterocycles. The molecule has 1 heterocycles. The molecule has 4 heteroatoms. The second-order valence-electron chi connectivity index (χ2n) is 5.49. The molecule has 0 aliphatic carbocycles. The minimum atomic E-state index is 0.394. The van der Waals surface area contributed by atoms with E-state index in [0.29, 0.717) is 17.8 Å². The summed E-state index contributed by atoms with van der Waals surface area (Å²) >= 11 is 0. The molecule has 0 aliphatic heterocycles. The van der Waals surface area contributed by atoms with Crippen molar-refractivity contribution in [1.29, 1.82) is 0 Å². The lowest BCUT2D eigenvalue weighted by Crippen LogP contribution is -2.18. The van der Waals surface area contributed by atoms with Gasteiger partial charge in [0.25, 0.3) is 0 Å². The summed E-state index contributed by atoms with van der Waals surface area (Å²) in [6, 6.07) is 0. The minimum absolute atomic E-state index is 0.394. The predicted octanol–water partition coefficient (Wildman–Crippen LogP) is 3.35. The molecule has 4 nitrogen and oxygen atoms in total. The summed E-state index contributed by atoms with van der Waals surface area (Å²) in [5.41, 5.74) is 1.16. The van der Waals surface area contributed by atoms with Crippen LogP contribution in [0.25, 0.3) is 0 Å². The molecule has 1 atom stereocenters. The van der Waals surface area contributed by atoms with Gasteiger partial charge in [-0.3, -0.25) is 0 Å². The standard InChI is InChI=1S/C14H26N4/c1-9(2)11(5)7-16-14-12(10(3)4)13(15-6)17-8-18-14/h8-11H,7H2,1-6H3,(H2,15,16,17,18). The average Bonchev–Trinajstić information content (AvgIpc) is 2.34. The summed E-state index contributed by atoms with van der Waals surface area (Å²) in [6.07, 6.45) is 1.61. The van der Waals surface area contributed by atoms with Crippen molar-refractivity contribution in [3.8, 4) is 0 Å². The fourth-order valence-corrected chi connectivity index (χ4v) is 1.78. The maximum Gasteiger partial charge on any atom is 0.134 e. The van der Waals surface area contributed by atoms with E-state index in [1.54, 1.807) is 6.33 Å². The second-order valence-corrected chi connectivity index (χ2v) is 5.49. The number of hydrogen-bond donors (Lipinski definition) is 2. The Morgan fingerprint density at radius 1 is 1.06 bits per heavy atom. The van der Waals surface area contributed by atoms with E-state index in [9.17, 15) is 0 Å². The molecule has 18 heavy (non-hydrogen) atoms. The van der Waals surface area contributed by atoms with Gasteiger partial charge >= 0.3 is 0 Å². The van der Waals surface area contributed by atoms with E-state index in [1.165, 1.54) is 0 Å². The first-order valence-electron chi connectivity index (χ1n) is 6.73. The van der Waals surface area contributed by atoms with Crippen molar-refractivity contribution < 1.29 is 0 Å². The van der Waals surface area contributed by atoms with Gasteiger partial charge in [-0.2, -0.15) is 0 Å². The van der Waals surface area contributed by atoms with E-state index >= 15 is 0 Å². The van der Waals surface area contributed by atoms with Crippen molar-refractivity contribution in [3.63, 3.8) is 0 Å². The maximum absolute atomic E-state index is 4.38. The monoisotopic (exact) mass is 250 g/mol. The lowest BCUT2D eigenvalue weighted by atomic mass is 9.98. The van der Waals surface area contributed by atoms with Crippen LogP contribution in [0.4, 0.5) is 11.6 Å². The highest BCUT2D eigenvalue weighted by molar-refractivity contribution is 5.58. The van der Waals surface area contributed by atoms with Crippen molar-refractivity contribution in [3.05, 3.63) is 11.9 Å². The Morgan fingerprint density at radius 2 is 1.67 bits per heavy atom. The predicted molar refractivity (Wildman–Crippen MR) is 78.2 cm³/mol. The first-order chi connectivity index (χ1) is 8.47. The van der Waals surface area contributed by atoms with Crippen LogP contribution in [0.5, 0.6) is 0 Å². The Hall–Kier alpha value is -1.32. The third-order valence-electron chi connectivity index (χ3n) is 3.43. The molecule has 1 unspecified atom stereocenters. The topological polar surface area (TPSA) is 49.8 Å². The van der Waals surface area contributed by atoms with Crippen LogP contribution in [0, 0.1) is 11.8 Å². The van der Waals surface area contributed by atoms with Gasteiger partial charge in [-0.15, -0.1) is 0 Å². The van der Waals surface area contributed by atoms with Crippen LogP contribution < -0.4 is 10.6 Å². The molecular formula is C14H26N4. The Bertz CT molecular complexity index is 374. The molecule has 1 aromatic rings. The first-order valence-corrected chi connectivity index (χ1v) is 6.73. The van der Waals surface area contributed by atoms with E-state index in [-0.39, 0.29) is 0 Å². The number of hydrogen-bond acceptors (Lipinski definition) is 4. The van der Waals surface area contributed by atoms with E-state index in [4.69, 9.17) is 0 Å². The van der Waals surface area contributed by atoms with Crippen LogP contribution in [-0.4, -0.2) is 23.6 Å². The third-order valence-corrected chi connectivity index (χ3v) is 3.43. The zero-order chi connectivity index (χ0) is 13.7. The highest BCUT2D eigenvalue weighted by Crippen LogP contribution is 2.28. The Labute approximate surface area is 111 Å². The molecule has 0 bridgehead atoms. The highest BCUT2D eigenvalue weighted by atomic mass is 15.1. The summed E-state index contributed by atoms with van der Waals surface area (Å²) in [7, 11) is 1.90. The molecule has 0 spiro atoms. The van der Waals surface area contributed by atoms with Gasteiger partial charge in [-0.25, -0.2) is 9.97 Å². The van der Waals surface area contributed by atoms with E-state index in [1.807, 2.05) is 7.05 Å². The van der Waals surface area contributed by atoms with E-state index < -0.39 is 0 Å². The SMILES string of the molecule is CNc1ncnc(NCC(C)C(C)C)c1C(C)C. The van der Waals surface area contributed by atoms with Gasteiger partial charge in [0, 0.05) is 19.2 Å². The first kappa shape index (κ1) is 14.7. The summed E-state index contributed by atoms with van der Waals surface area (Å²) in [5.74, 6) is 3.56. The number of nitrogens with zero attached hydrogens (tertiary/aromatic N) is 2. The number of nitrogens with one attached hydrogen (secondary N) is 2. The van der Waals surface area contributed by atoms with Crippen molar-refractivity contribution in [2.24, 2.45) is 11.8 Å². The van der Waals surface area contributed by atoms with Crippen molar-refractivity contribution in [2.45, 2.75) is 40.5 Å². The van der Waals surface area contributed by atoms with Gasteiger partial charge in [0.2, 0.25) is 0 Å². The summed E-state index contributed by atoms with van der Waals surface area (Å²) in [5, 5.41) is 6.60. The molecule has 0 fully saturated rings. The fraction of sp³-hybridized carbons (Fsp3) is 0.714. The van der Waals surface area contributed by atoms with Crippen LogP contribution in [-0.2, 0) is 0 Å². The summed E-state index contributed by atoms with van der Waals surface area (Å²) in [4.78, 5) is 8.66. The molecular weight excluding hydrogens is 224 g/mol. The quantitative estimate of drug-likeness (QED) is 0.813. The molecule has 0 saturated heterocycles. The number of anilines is 2. The smallest absolute Gasteiger partial charge is 0.134 e. The summed E-state index contributed by atoms with van der Waals surface area (Å²) < 4.78 is 0. The zero-order valence-electron chi connectivity index (χ0n) is 12.4. The Kier molecular flexibility index (Phi) is 5.38. The third kappa shape index (κ3) is 3.59. The molecule has 0 aliphatic rings. The lowest BCUT2D eigenvalue weighted by molar-refractivity contribution is 0.439.